The zero-order valence-corrected chi connectivity index (χ0v) is 12.4. The van der Waals surface area contributed by atoms with Gasteiger partial charge < -0.3 is 4.74 Å². The first-order chi connectivity index (χ1) is 9.65. The molecule has 5 heteroatoms. The zero-order chi connectivity index (χ0) is 14.0. The molecule has 0 radical (unpaired) electrons. The van der Waals surface area contributed by atoms with Crippen molar-refractivity contribution in [2.75, 3.05) is 0 Å². The second-order valence-electron chi connectivity index (χ2n) is 5.72. The number of ether oxygens (including phenoxy) is 1. The highest BCUT2D eigenvalue weighted by Crippen LogP contribution is 2.24. The van der Waals surface area contributed by atoms with E-state index in [-0.39, 0.29) is 5.25 Å². The van der Waals surface area contributed by atoms with Crippen molar-refractivity contribution in [2.45, 2.75) is 57.1 Å². The molecule has 1 aliphatic heterocycles. The molecule has 20 heavy (non-hydrogen) atoms. The van der Waals surface area contributed by atoms with Crippen LogP contribution in [0.2, 0.25) is 0 Å². The van der Waals surface area contributed by atoms with Gasteiger partial charge in [0.1, 0.15) is 0 Å². The maximum absolute atomic E-state index is 12.3. The number of hydrogen-bond donors (Lipinski definition) is 1. The summed E-state index contributed by atoms with van der Waals surface area (Å²) in [6.07, 6.45) is 4.82. The molecule has 1 aromatic carbocycles. The molecule has 0 saturated heterocycles. The molecule has 0 aromatic heterocycles. The SMILES string of the molecule is O=S(=O)(NCc1ccc2c(c1)COC2)C1CCCCC1. The minimum atomic E-state index is -3.18. The van der Waals surface area contributed by atoms with Crippen LogP contribution in [0.3, 0.4) is 0 Å². The molecule has 110 valence electrons. The minimum absolute atomic E-state index is 0.200. The van der Waals surface area contributed by atoms with Crippen LogP contribution in [-0.4, -0.2) is 13.7 Å². The molecule has 1 heterocycles. The standard InChI is InChI=1S/C15H21NO3S/c17-20(18,15-4-2-1-3-5-15)16-9-12-6-7-13-10-19-11-14(13)8-12/h6-8,15-16H,1-5,9-11H2. The van der Waals surface area contributed by atoms with Gasteiger partial charge in [0.05, 0.1) is 18.5 Å². The van der Waals surface area contributed by atoms with E-state index >= 15 is 0 Å². The van der Waals surface area contributed by atoms with Crippen LogP contribution >= 0.6 is 0 Å². The van der Waals surface area contributed by atoms with E-state index < -0.39 is 10.0 Å². The average molecular weight is 295 g/mol. The second-order valence-corrected chi connectivity index (χ2v) is 7.77. The van der Waals surface area contributed by atoms with Crippen LogP contribution in [0.15, 0.2) is 18.2 Å². The second kappa shape index (κ2) is 5.84. The number of hydrogen-bond acceptors (Lipinski definition) is 3. The molecule has 1 fully saturated rings. The van der Waals surface area contributed by atoms with Gasteiger partial charge >= 0.3 is 0 Å². The van der Waals surface area contributed by atoms with Gasteiger partial charge in [0.2, 0.25) is 10.0 Å². The van der Waals surface area contributed by atoms with E-state index in [0.29, 0.717) is 19.8 Å². The van der Waals surface area contributed by atoms with Crippen molar-refractivity contribution in [3.63, 3.8) is 0 Å². The fraction of sp³-hybridized carbons (Fsp3) is 0.600. The Morgan fingerprint density at radius 3 is 2.65 bits per heavy atom. The van der Waals surface area contributed by atoms with E-state index in [2.05, 4.69) is 4.72 Å². The van der Waals surface area contributed by atoms with Gasteiger partial charge in [0.15, 0.2) is 0 Å². The lowest BCUT2D eigenvalue weighted by Gasteiger charge is -2.22. The van der Waals surface area contributed by atoms with Crippen molar-refractivity contribution in [3.8, 4) is 0 Å². The van der Waals surface area contributed by atoms with Crippen molar-refractivity contribution >= 4 is 10.0 Å². The topological polar surface area (TPSA) is 55.4 Å². The molecule has 0 bridgehead atoms. The van der Waals surface area contributed by atoms with Gasteiger partial charge in [-0.2, -0.15) is 0 Å². The van der Waals surface area contributed by atoms with Gasteiger partial charge in [-0.3, -0.25) is 0 Å². The molecule has 1 saturated carbocycles. The van der Waals surface area contributed by atoms with Gasteiger partial charge in [-0.05, 0) is 29.5 Å². The summed E-state index contributed by atoms with van der Waals surface area (Å²) in [6.45, 7) is 1.69. The average Bonchev–Trinajstić information content (AvgIpc) is 2.94. The summed E-state index contributed by atoms with van der Waals surface area (Å²) in [6, 6.07) is 6.06. The minimum Gasteiger partial charge on any atom is -0.372 e. The van der Waals surface area contributed by atoms with Crippen LogP contribution in [0.1, 0.15) is 48.8 Å². The van der Waals surface area contributed by atoms with Gasteiger partial charge in [-0.15, -0.1) is 0 Å². The van der Waals surface area contributed by atoms with Gasteiger partial charge in [0.25, 0.3) is 0 Å². The Balaban J connectivity index is 1.63. The molecule has 1 aromatic rings. The quantitative estimate of drug-likeness (QED) is 0.928. The van der Waals surface area contributed by atoms with Crippen LogP contribution in [0.4, 0.5) is 0 Å². The maximum atomic E-state index is 12.3. The molecular weight excluding hydrogens is 274 g/mol. The lowest BCUT2D eigenvalue weighted by atomic mass is 10.0. The van der Waals surface area contributed by atoms with Crippen LogP contribution in [0, 0.1) is 0 Å². The largest absolute Gasteiger partial charge is 0.372 e. The van der Waals surface area contributed by atoms with Crippen LogP contribution in [0.25, 0.3) is 0 Å². The van der Waals surface area contributed by atoms with E-state index in [9.17, 15) is 8.42 Å². The summed E-state index contributed by atoms with van der Waals surface area (Å²) in [4.78, 5) is 0. The molecule has 0 unspecified atom stereocenters. The lowest BCUT2D eigenvalue weighted by molar-refractivity contribution is 0.134. The Hall–Kier alpha value is -0.910. The summed E-state index contributed by atoms with van der Waals surface area (Å²) in [7, 11) is -3.18. The third-order valence-electron chi connectivity index (χ3n) is 4.25. The monoisotopic (exact) mass is 295 g/mol. The Bertz CT molecular complexity index is 577. The van der Waals surface area contributed by atoms with Crippen molar-refractivity contribution in [2.24, 2.45) is 0 Å². The number of rotatable bonds is 4. The van der Waals surface area contributed by atoms with Crippen LogP contribution < -0.4 is 4.72 Å². The highest BCUT2D eigenvalue weighted by molar-refractivity contribution is 7.90. The van der Waals surface area contributed by atoms with Crippen LogP contribution in [-0.2, 0) is 34.5 Å². The summed E-state index contributed by atoms with van der Waals surface area (Å²) in [5.41, 5.74) is 3.40. The molecule has 1 N–H and O–H groups in total. The van der Waals surface area contributed by atoms with Gasteiger partial charge in [-0.25, -0.2) is 13.1 Å². The number of benzene rings is 1. The molecule has 2 aliphatic rings. The summed E-state index contributed by atoms with van der Waals surface area (Å²) < 4.78 is 32.7. The van der Waals surface area contributed by atoms with E-state index in [0.717, 1.165) is 37.7 Å². The Kier molecular flexibility index (Phi) is 4.10. The van der Waals surface area contributed by atoms with Crippen LogP contribution in [0.5, 0.6) is 0 Å². The van der Waals surface area contributed by atoms with Crippen molar-refractivity contribution < 1.29 is 13.2 Å². The molecule has 3 rings (SSSR count). The van der Waals surface area contributed by atoms with Gasteiger partial charge in [-0.1, -0.05) is 37.5 Å². The van der Waals surface area contributed by atoms with Gasteiger partial charge in [0, 0.05) is 6.54 Å². The highest BCUT2D eigenvalue weighted by Gasteiger charge is 2.26. The van der Waals surface area contributed by atoms with E-state index in [1.54, 1.807) is 0 Å². The first-order valence-corrected chi connectivity index (χ1v) is 8.87. The van der Waals surface area contributed by atoms with Crippen molar-refractivity contribution in [1.29, 1.82) is 0 Å². The third-order valence-corrected chi connectivity index (χ3v) is 6.15. The molecular formula is C15H21NO3S. The highest BCUT2D eigenvalue weighted by atomic mass is 32.2. The summed E-state index contributed by atoms with van der Waals surface area (Å²) >= 11 is 0. The third kappa shape index (κ3) is 3.05. The number of nitrogens with one attached hydrogen (secondary N) is 1. The normalized spacial score (nSPS) is 20.0. The predicted molar refractivity (Wildman–Crippen MR) is 77.6 cm³/mol. The maximum Gasteiger partial charge on any atom is 0.214 e. The first kappa shape index (κ1) is 14.0. The molecule has 0 atom stereocenters. The number of fused-ring (bicyclic) bond motifs is 1. The van der Waals surface area contributed by atoms with Crippen molar-refractivity contribution in [3.05, 3.63) is 34.9 Å². The fourth-order valence-corrected chi connectivity index (χ4v) is 4.57. The molecule has 4 nitrogen and oxygen atoms in total. The first-order valence-electron chi connectivity index (χ1n) is 7.32. The smallest absolute Gasteiger partial charge is 0.214 e. The Labute approximate surface area is 120 Å². The Morgan fingerprint density at radius 2 is 1.85 bits per heavy atom. The lowest BCUT2D eigenvalue weighted by Crippen LogP contribution is -2.35. The summed E-state index contributed by atoms with van der Waals surface area (Å²) in [5.74, 6) is 0. The number of sulfonamides is 1. The predicted octanol–water partition coefficient (Wildman–Crippen LogP) is 2.47. The van der Waals surface area contributed by atoms with E-state index in [1.165, 1.54) is 11.1 Å². The molecule has 0 amide bonds. The fourth-order valence-electron chi connectivity index (χ4n) is 3.01. The molecule has 0 spiro atoms. The summed E-state index contributed by atoms with van der Waals surface area (Å²) in [5, 5.41) is -0.200. The van der Waals surface area contributed by atoms with Crippen molar-refractivity contribution in [1.82, 2.24) is 4.72 Å². The van der Waals surface area contributed by atoms with E-state index in [1.807, 2.05) is 18.2 Å². The zero-order valence-electron chi connectivity index (χ0n) is 11.6. The molecule has 1 aliphatic carbocycles. The van der Waals surface area contributed by atoms with E-state index in [4.69, 9.17) is 4.74 Å². The Morgan fingerprint density at radius 1 is 1.10 bits per heavy atom.